The van der Waals surface area contributed by atoms with Crippen molar-refractivity contribution in [2.75, 3.05) is 12.4 Å². The van der Waals surface area contributed by atoms with Crippen LogP contribution in [0, 0.1) is 11.3 Å². The fourth-order valence-corrected chi connectivity index (χ4v) is 4.21. The van der Waals surface area contributed by atoms with Gasteiger partial charge in [-0.1, -0.05) is 18.2 Å². The number of benzene rings is 1. The van der Waals surface area contributed by atoms with E-state index in [4.69, 9.17) is 0 Å². The molecule has 0 aliphatic rings. The van der Waals surface area contributed by atoms with Crippen LogP contribution in [0.25, 0.3) is 21.1 Å². The maximum absolute atomic E-state index is 14.1. The summed E-state index contributed by atoms with van der Waals surface area (Å²) in [5, 5.41) is 14.1. The minimum atomic E-state index is -2.94. The second-order valence-corrected chi connectivity index (χ2v) is 6.92. The van der Waals surface area contributed by atoms with Crippen molar-refractivity contribution in [2.24, 2.45) is 0 Å². The van der Waals surface area contributed by atoms with Crippen molar-refractivity contribution in [3.05, 3.63) is 29.3 Å². The van der Waals surface area contributed by atoms with Crippen molar-refractivity contribution >= 4 is 37.5 Å². The van der Waals surface area contributed by atoms with Gasteiger partial charge < -0.3 is 9.88 Å². The Hall–Kier alpha value is -2.13. The van der Waals surface area contributed by atoms with E-state index in [9.17, 15) is 14.0 Å². The molecule has 3 rings (SSSR count). The van der Waals surface area contributed by atoms with E-state index in [2.05, 4.69) is 11.4 Å². The molecule has 2 heterocycles. The van der Waals surface area contributed by atoms with Gasteiger partial charge in [-0.3, -0.25) is 0 Å². The summed E-state index contributed by atoms with van der Waals surface area (Å²) in [6.07, 6.45) is 0. The minimum absolute atomic E-state index is 0.00185. The number of rotatable bonds is 3. The van der Waals surface area contributed by atoms with Crippen molar-refractivity contribution in [1.82, 2.24) is 4.57 Å². The van der Waals surface area contributed by atoms with Crippen LogP contribution in [0.1, 0.15) is 37.9 Å². The van der Waals surface area contributed by atoms with E-state index < -0.39 is 5.92 Å². The predicted molar refractivity (Wildman–Crippen MR) is 91.5 cm³/mol. The maximum atomic E-state index is 14.1. The third-order valence-electron chi connectivity index (χ3n) is 3.97. The third-order valence-corrected chi connectivity index (χ3v) is 5.20. The molecule has 3 nitrogen and oxygen atoms in total. The molecule has 1 aromatic carbocycles. The number of nitriles is 1. The lowest BCUT2D eigenvalue weighted by Gasteiger charge is -2.18. The molecule has 0 atom stereocenters. The summed E-state index contributed by atoms with van der Waals surface area (Å²) in [4.78, 5) is 0. The fourth-order valence-electron chi connectivity index (χ4n) is 3.08. The molecule has 0 bridgehead atoms. The first kappa shape index (κ1) is 15.8. The molecule has 0 radical (unpaired) electrons. The van der Waals surface area contributed by atoms with Crippen LogP contribution in [0.2, 0.25) is 0 Å². The van der Waals surface area contributed by atoms with Gasteiger partial charge in [-0.05, 0) is 13.8 Å². The Kier molecular flexibility index (Phi) is 3.56. The van der Waals surface area contributed by atoms with Gasteiger partial charge in [-0.25, -0.2) is 8.78 Å². The fraction of sp³-hybridized carbons (Fsp3) is 0.353. The summed E-state index contributed by atoms with van der Waals surface area (Å²) in [5.74, 6) is -2.94. The number of hydrogen-bond acceptors (Lipinski definition) is 3. The molecule has 6 heteroatoms. The largest absolute Gasteiger partial charge is 0.379 e. The second kappa shape index (κ2) is 5.20. The Balaban J connectivity index is 2.60. The third kappa shape index (κ3) is 2.19. The molecule has 120 valence electrons. The lowest BCUT2D eigenvalue weighted by atomic mass is 10.1. The zero-order chi connectivity index (χ0) is 16.9. The van der Waals surface area contributed by atoms with Gasteiger partial charge in [0.05, 0.1) is 15.7 Å². The van der Waals surface area contributed by atoms with Gasteiger partial charge in [0.2, 0.25) is 0 Å². The van der Waals surface area contributed by atoms with E-state index in [0.29, 0.717) is 11.1 Å². The van der Waals surface area contributed by atoms with Crippen molar-refractivity contribution in [1.29, 1.82) is 5.26 Å². The highest BCUT2D eigenvalue weighted by molar-refractivity contribution is 7.24. The van der Waals surface area contributed by atoms with E-state index in [0.717, 1.165) is 27.5 Å². The van der Waals surface area contributed by atoms with Crippen molar-refractivity contribution in [3.63, 3.8) is 0 Å². The number of fused-ring (bicyclic) bond motifs is 3. The quantitative estimate of drug-likeness (QED) is 0.691. The van der Waals surface area contributed by atoms with Crippen molar-refractivity contribution < 1.29 is 8.78 Å². The molecule has 0 fully saturated rings. The van der Waals surface area contributed by atoms with Gasteiger partial charge in [0.1, 0.15) is 16.6 Å². The minimum Gasteiger partial charge on any atom is -0.379 e. The highest BCUT2D eigenvalue weighted by Crippen LogP contribution is 2.45. The molecular weight excluding hydrogens is 316 g/mol. The van der Waals surface area contributed by atoms with Gasteiger partial charge in [0, 0.05) is 31.0 Å². The van der Waals surface area contributed by atoms with Crippen LogP contribution in [0.3, 0.4) is 0 Å². The zero-order valence-corrected chi connectivity index (χ0v) is 14.2. The van der Waals surface area contributed by atoms with Crippen LogP contribution in [-0.4, -0.2) is 11.6 Å². The standard InChI is InChI=1S/C17H17F2N3S/c1-9(2)22-13-10(6-5-7-12(13)17(3,18)19)15-14(22)11(8-20)16(21-4)23-15/h5-7,9,21H,1-4H3. The normalized spacial score (nSPS) is 12.3. The molecule has 23 heavy (non-hydrogen) atoms. The summed E-state index contributed by atoms with van der Waals surface area (Å²) >= 11 is 1.44. The van der Waals surface area contributed by atoms with Crippen LogP contribution in [0.5, 0.6) is 0 Å². The Bertz CT molecular complexity index is 939. The number of anilines is 1. The molecule has 0 aliphatic heterocycles. The topological polar surface area (TPSA) is 40.8 Å². The van der Waals surface area contributed by atoms with Crippen LogP contribution in [0.4, 0.5) is 13.8 Å². The summed E-state index contributed by atoms with van der Waals surface area (Å²) in [7, 11) is 1.76. The van der Waals surface area contributed by atoms with Crippen LogP contribution in [0.15, 0.2) is 18.2 Å². The molecule has 1 N–H and O–H groups in total. The summed E-state index contributed by atoms with van der Waals surface area (Å²) in [6, 6.07) is 7.16. The molecule has 0 spiro atoms. The van der Waals surface area contributed by atoms with E-state index in [-0.39, 0.29) is 11.6 Å². The molecular formula is C17H17F2N3S. The number of aromatic nitrogens is 1. The highest BCUT2D eigenvalue weighted by atomic mass is 32.1. The maximum Gasteiger partial charge on any atom is 0.272 e. The van der Waals surface area contributed by atoms with E-state index in [1.807, 2.05) is 24.5 Å². The summed E-state index contributed by atoms with van der Waals surface area (Å²) in [5.41, 5.74) is 1.78. The predicted octanol–water partition coefficient (Wildman–Crippen LogP) is 5.46. The molecule has 0 saturated carbocycles. The van der Waals surface area contributed by atoms with Gasteiger partial charge >= 0.3 is 0 Å². The monoisotopic (exact) mass is 333 g/mol. The molecule has 2 aromatic heterocycles. The number of halogens is 2. The molecule has 0 aliphatic carbocycles. The Morgan fingerprint density at radius 2 is 2.00 bits per heavy atom. The van der Waals surface area contributed by atoms with Crippen LogP contribution >= 0.6 is 11.3 Å². The number of hydrogen-bond donors (Lipinski definition) is 1. The Labute approximate surface area is 137 Å². The van der Waals surface area contributed by atoms with Crippen LogP contribution < -0.4 is 5.32 Å². The lowest BCUT2D eigenvalue weighted by Crippen LogP contribution is -2.11. The lowest BCUT2D eigenvalue weighted by molar-refractivity contribution is 0.0187. The number of para-hydroxylation sites is 1. The summed E-state index contributed by atoms with van der Waals surface area (Å²) in [6.45, 7) is 4.81. The van der Waals surface area contributed by atoms with Gasteiger partial charge in [0.25, 0.3) is 5.92 Å². The van der Waals surface area contributed by atoms with E-state index in [1.165, 1.54) is 17.4 Å². The number of nitrogens with zero attached hydrogens (tertiary/aromatic N) is 2. The Morgan fingerprint density at radius 3 is 2.52 bits per heavy atom. The number of alkyl halides is 2. The van der Waals surface area contributed by atoms with Gasteiger partial charge in [0.15, 0.2) is 0 Å². The molecule has 0 unspecified atom stereocenters. The van der Waals surface area contributed by atoms with Gasteiger partial charge in [-0.2, -0.15) is 5.26 Å². The molecule has 3 aromatic rings. The first-order valence-electron chi connectivity index (χ1n) is 7.36. The number of nitrogens with one attached hydrogen (secondary N) is 1. The molecule has 0 saturated heterocycles. The number of thiophene rings is 1. The zero-order valence-electron chi connectivity index (χ0n) is 13.4. The SMILES string of the molecule is CNc1sc2c3cccc(C(C)(F)F)c3n(C(C)C)c2c1C#N. The van der Waals surface area contributed by atoms with Crippen molar-refractivity contribution in [3.8, 4) is 6.07 Å². The first-order chi connectivity index (χ1) is 10.8. The first-order valence-corrected chi connectivity index (χ1v) is 8.18. The van der Waals surface area contributed by atoms with E-state index >= 15 is 0 Å². The Morgan fingerprint density at radius 1 is 1.30 bits per heavy atom. The average molecular weight is 333 g/mol. The highest BCUT2D eigenvalue weighted by Gasteiger charge is 2.31. The van der Waals surface area contributed by atoms with Crippen molar-refractivity contribution in [2.45, 2.75) is 32.7 Å². The molecule has 0 amide bonds. The van der Waals surface area contributed by atoms with Gasteiger partial charge in [-0.15, -0.1) is 11.3 Å². The van der Waals surface area contributed by atoms with E-state index in [1.54, 1.807) is 13.1 Å². The summed E-state index contributed by atoms with van der Waals surface area (Å²) < 4.78 is 31.0. The average Bonchev–Trinajstić information content (AvgIpc) is 2.98. The second-order valence-electron chi connectivity index (χ2n) is 5.90. The van der Waals surface area contributed by atoms with Crippen LogP contribution in [-0.2, 0) is 5.92 Å². The smallest absolute Gasteiger partial charge is 0.272 e.